The number of Topliss-reactive ketones (excluding diaryl/α,β-unsaturated/α-hetero) is 1. The summed E-state index contributed by atoms with van der Waals surface area (Å²) in [6, 6.07) is 0. The van der Waals surface area contributed by atoms with Gasteiger partial charge in [-0.2, -0.15) is 0 Å². The Morgan fingerprint density at radius 3 is 1.76 bits per heavy atom. The first-order valence-electron chi connectivity index (χ1n) is 28.2. The van der Waals surface area contributed by atoms with Gasteiger partial charge in [0.25, 0.3) is 0 Å². The number of esters is 1. The average Bonchev–Trinajstić information content (AvgIpc) is 3.40. The summed E-state index contributed by atoms with van der Waals surface area (Å²) in [5, 5.41) is 143. The summed E-state index contributed by atoms with van der Waals surface area (Å²) in [6.45, 7) is 13.5. The summed E-state index contributed by atoms with van der Waals surface area (Å²) < 4.78 is 54.3. The van der Waals surface area contributed by atoms with E-state index in [0.717, 1.165) is 19.8 Å². The maximum atomic E-state index is 14.3. The maximum absolute atomic E-state index is 14.3. The van der Waals surface area contributed by atoms with Crippen LogP contribution >= 0.6 is 0 Å². The van der Waals surface area contributed by atoms with E-state index in [1.807, 2.05) is 13.8 Å². The number of carbonyl (C=O) groups is 3. The van der Waals surface area contributed by atoms with Crippen LogP contribution in [0.3, 0.4) is 0 Å². The summed E-state index contributed by atoms with van der Waals surface area (Å²) in [7, 11) is 0. The van der Waals surface area contributed by atoms with Crippen LogP contribution in [0.4, 0.5) is 0 Å². The van der Waals surface area contributed by atoms with Crippen LogP contribution in [0.15, 0.2) is 11.6 Å². The van der Waals surface area contributed by atoms with Gasteiger partial charge in [-0.3, -0.25) is 9.59 Å². The van der Waals surface area contributed by atoms with Crippen molar-refractivity contribution in [2.24, 2.45) is 44.8 Å². The van der Waals surface area contributed by atoms with Crippen LogP contribution in [0.1, 0.15) is 113 Å². The Morgan fingerprint density at radius 2 is 1.15 bits per heavy atom. The predicted octanol–water partition coefficient (Wildman–Crippen LogP) is -1.97. The van der Waals surface area contributed by atoms with Gasteiger partial charge in [-0.15, -0.1) is 0 Å². The van der Waals surface area contributed by atoms with Crippen molar-refractivity contribution in [1.82, 2.24) is 0 Å². The molecule has 4 aliphatic heterocycles. The number of aliphatic hydroxyl groups excluding tert-OH is 11. The molecule has 80 heavy (non-hydrogen) atoms. The molecular formula is C55H86O25. The van der Waals surface area contributed by atoms with Crippen molar-refractivity contribution < 1.29 is 123 Å². The second kappa shape index (κ2) is 22.4. The number of allylic oxidation sites excluding steroid dienone is 1. The molecule has 13 N–H and O–H groups in total. The van der Waals surface area contributed by atoms with Gasteiger partial charge < -0.3 is 109 Å². The number of ether oxygens (including phenoxy) is 9. The highest BCUT2D eigenvalue weighted by Gasteiger charge is 2.71. The highest BCUT2D eigenvalue weighted by atomic mass is 16.8. The van der Waals surface area contributed by atoms with Crippen LogP contribution in [-0.4, -0.2) is 238 Å². The molecule has 8 fully saturated rings. The summed E-state index contributed by atoms with van der Waals surface area (Å²) >= 11 is 0. The molecule has 28 atom stereocenters. The van der Waals surface area contributed by atoms with Gasteiger partial charge in [0, 0.05) is 24.7 Å². The molecule has 5 aliphatic carbocycles. The number of ketones is 1. The van der Waals surface area contributed by atoms with E-state index >= 15 is 0 Å². The van der Waals surface area contributed by atoms with E-state index in [9.17, 15) is 80.8 Å². The van der Waals surface area contributed by atoms with Crippen molar-refractivity contribution in [3.05, 3.63) is 11.6 Å². The fourth-order valence-corrected chi connectivity index (χ4v) is 16.3. The molecular weight excluding hydrogens is 1060 g/mol. The number of carboxylic acid groups (broad SMARTS) is 1. The molecule has 9 rings (SSSR count). The van der Waals surface area contributed by atoms with E-state index in [1.165, 1.54) is 5.57 Å². The molecule has 0 aromatic rings. The number of rotatable bonds is 13. The zero-order valence-corrected chi connectivity index (χ0v) is 46.6. The normalized spacial score (nSPS) is 51.9. The largest absolute Gasteiger partial charge is 0.479 e. The lowest BCUT2D eigenvalue weighted by molar-refractivity contribution is -0.407. The molecule has 9 aliphatic rings. The monoisotopic (exact) mass is 1150 g/mol. The molecule has 0 amide bonds. The maximum Gasteiger partial charge on any atom is 0.335 e. The molecule has 25 heteroatoms. The third-order valence-corrected chi connectivity index (χ3v) is 21.1. The van der Waals surface area contributed by atoms with Crippen molar-refractivity contribution >= 4 is 17.7 Å². The van der Waals surface area contributed by atoms with Crippen LogP contribution < -0.4 is 0 Å². The minimum Gasteiger partial charge on any atom is -0.479 e. The number of hydrogen-bond donors (Lipinski definition) is 13. The van der Waals surface area contributed by atoms with Gasteiger partial charge in [0.2, 0.25) is 0 Å². The number of hydrogen-bond acceptors (Lipinski definition) is 24. The zero-order chi connectivity index (χ0) is 58.7. The van der Waals surface area contributed by atoms with Gasteiger partial charge in [-0.1, -0.05) is 60.1 Å². The number of aliphatic hydroxyl groups is 12. The molecule has 4 saturated heterocycles. The minimum atomic E-state index is -2.30. The van der Waals surface area contributed by atoms with Crippen LogP contribution in [0.5, 0.6) is 0 Å². The van der Waals surface area contributed by atoms with Crippen LogP contribution in [0.25, 0.3) is 0 Å². The Bertz CT molecular complexity index is 2300. The molecule has 0 bridgehead atoms. The van der Waals surface area contributed by atoms with E-state index in [1.54, 1.807) is 0 Å². The standard InChI is InChI=1S/C55H86O25/c1-22(59)72-40-27(21-58)75-47(38(67)36(40)65)80-44-41(77-48-43(35(64)33(62)26(20-57)74-48)79-46-37(66)34(63)32(61)25(19-56)73-46)39(68)42(45(69)70)78-49(44)76-31-12-13-52(6)28(51(31,4)5)11-14-53(7)29(52)10-9-23-24-17-50(2,3)15-16-55(24,71)30(60)18-54(23,53)8/h9,24-29,31-44,46-49,56-58,61-68,71H,10-21H2,1-8H3,(H,69,70)/t24?,25-,26-,27-,28?,29?,31+,32-,33+,34+,35+,36-,37-,38-,39+,40+,41+,42+,43-,44-,46+,47+,48+,49-,52+,53-,54-,55-/m1/s1. The lowest BCUT2D eigenvalue weighted by atomic mass is 9.34. The van der Waals surface area contributed by atoms with Crippen LogP contribution in [-0.2, 0) is 57.0 Å². The Balaban J connectivity index is 1.06. The first-order valence-corrected chi connectivity index (χ1v) is 28.2. The van der Waals surface area contributed by atoms with E-state index in [-0.39, 0.29) is 46.2 Å². The van der Waals surface area contributed by atoms with Crippen LogP contribution in [0.2, 0.25) is 0 Å². The van der Waals surface area contributed by atoms with E-state index in [4.69, 9.17) is 42.6 Å². The summed E-state index contributed by atoms with van der Waals surface area (Å²) in [6.07, 6.45) is -32.4. The summed E-state index contributed by atoms with van der Waals surface area (Å²) in [5.41, 5.74) is -2.32. The molecule has 4 saturated carbocycles. The molecule has 3 unspecified atom stereocenters. The van der Waals surface area contributed by atoms with Crippen molar-refractivity contribution in [2.75, 3.05) is 19.8 Å². The van der Waals surface area contributed by atoms with Gasteiger partial charge in [-0.05, 0) is 84.9 Å². The molecule has 0 spiro atoms. The first kappa shape index (κ1) is 62.1. The van der Waals surface area contributed by atoms with Crippen molar-refractivity contribution in [3.8, 4) is 0 Å². The lowest BCUT2D eigenvalue weighted by Crippen LogP contribution is -2.69. The Morgan fingerprint density at radius 1 is 0.600 bits per heavy atom. The van der Waals surface area contributed by atoms with Gasteiger partial charge >= 0.3 is 11.9 Å². The highest BCUT2D eigenvalue weighted by molar-refractivity contribution is 5.91. The van der Waals surface area contributed by atoms with E-state index in [2.05, 4.69) is 40.7 Å². The Hall–Kier alpha value is -2.45. The van der Waals surface area contributed by atoms with Crippen LogP contribution in [0, 0.1) is 44.8 Å². The second-order valence-electron chi connectivity index (χ2n) is 26.5. The second-order valence-corrected chi connectivity index (χ2v) is 26.5. The highest BCUT2D eigenvalue weighted by Crippen LogP contribution is 2.74. The average molecular weight is 1150 g/mol. The van der Waals surface area contributed by atoms with Gasteiger partial charge in [0.05, 0.1) is 25.9 Å². The molecule has 4 heterocycles. The predicted molar refractivity (Wildman–Crippen MR) is 269 cm³/mol. The number of carboxylic acids is 1. The smallest absolute Gasteiger partial charge is 0.335 e. The van der Waals surface area contributed by atoms with Crippen molar-refractivity contribution in [3.63, 3.8) is 0 Å². The van der Waals surface area contributed by atoms with Gasteiger partial charge in [-0.25, -0.2) is 4.79 Å². The van der Waals surface area contributed by atoms with Crippen molar-refractivity contribution in [1.29, 1.82) is 0 Å². The van der Waals surface area contributed by atoms with E-state index in [0.29, 0.717) is 38.5 Å². The number of fused-ring (bicyclic) bond motifs is 7. The lowest BCUT2D eigenvalue weighted by Gasteiger charge is -2.71. The van der Waals surface area contributed by atoms with Gasteiger partial charge in [0.15, 0.2) is 43.2 Å². The minimum absolute atomic E-state index is 0.0612. The Kier molecular flexibility index (Phi) is 17.4. The molecule has 0 radical (unpaired) electrons. The topological polar surface area (TPSA) is 397 Å². The Labute approximate surface area is 464 Å². The molecule has 456 valence electrons. The number of aliphatic carboxylic acids is 1. The fraction of sp³-hybridized carbons (Fsp3) is 0.909. The SMILES string of the molecule is CC(=O)O[C@@H]1[C@H](O)[C@@H](O)[C@H](O[C@H]2[C@H](O[C@H]3CC[C@@]4(C)C(CC[C@]5(C)C4CC=C4C6CC(C)(C)CC[C@]6(O)C(=O)C[C@]45C)C3(C)C)O[C@H](C(=O)O)[C@@H](O)[C@@H]2O[C@@H]2O[C@H](CO)[C@H](O)[C@H](O)[C@H]2O[C@@H]2O[C@H](CO)[C@@H](O)[C@H](O)[C@H]2O)O[C@@H]1CO. The first-order chi connectivity index (χ1) is 37.3. The summed E-state index contributed by atoms with van der Waals surface area (Å²) in [4.78, 5) is 39.6. The summed E-state index contributed by atoms with van der Waals surface area (Å²) in [5.74, 6) is -3.03. The van der Waals surface area contributed by atoms with Crippen molar-refractivity contribution in [2.45, 2.75) is 248 Å². The fourth-order valence-electron chi connectivity index (χ4n) is 16.3. The molecule has 25 nitrogen and oxygen atoms in total. The third kappa shape index (κ3) is 10.2. The number of carbonyl (C=O) groups excluding carboxylic acids is 2. The van der Waals surface area contributed by atoms with E-state index < -0.39 is 177 Å². The quantitative estimate of drug-likeness (QED) is 0.0541. The third-order valence-electron chi connectivity index (χ3n) is 21.1. The van der Waals surface area contributed by atoms with Gasteiger partial charge in [0.1, 0.15) is 91.1 Å². The molecule has 0 aromatic carbocycles. The molecule has 0 aromatic heterocycles. The zero-order valence-electron chi connectivity index (χ0n) is 46.6.